The number of carbonyl (C=O) groups is 1. The van der Waals surface area contributed by atoms with Crippen molar-refractivity contribution in [2.45, 2.75) is 6.54 Å². The van der Waals surface area contributed by atoms with Gasteiger partial charge in [-0.25, -0.2) is 4.98 Å². The molecule has 1 amide bonds. The van der Waals surface area contributed by atoms with Gasteiger partial charge in [0.2, 0.25) is 0 Å². The van der Waals surface area contributed by atoms with Gasteiger partial charge in [-0.15, -0.1) is 11.3 Å². The van der Waals surface area contributed by atoms with Crippen LogP contribution >= 0.6 is 11.3 Å². The molecular formula is C19H15N3O2S. The maximum absolute atomic E-state index is 12.7. The Morgan fingerprint density at radius 1 is 1.20 bits per heavy atom. The van der Waals surface area contributed by atoms with Crippen LogP contribution in [-0.2, 0) is 6.54 Å². The molecule has 0 fully saturated rings. The van der Waals surface area contributed by atoms with Crippen LogP contribution in [0.2, 0.25) is 0 Å². The topological polar surface area (TPSA) is 54.7 Å². The molecule has 0 saturated carbocycles. The fourth-order valence-corrected chi connectivity index (χ4v) is 3.53. The number of amides is 1. The predicted molar refractivity (Wildman–Crippen MR) is 99.1 cm³/mol. The highest BCUT2D eigenvalue weighted by Gasteiger charge is 2.18. The van der Waals surface area contributed by atoms with E-state index in [1.165, 1.54) is 21.9 Å². The van der Waals surface area contributed by atoms with Gasteiger partial charge in [0, 0.05) is 31.4 Å². The Labute approximate surface area is 147 Å². The first-order valence-corrected chi connectivity index (χ1v) is 8.69. The minimum Gasteiger partial charge on any atom is -0.337 e. The summed E-state index contributed by atoms with van der Waals surface area (Å²) < 4.78 is 1.40. The van der Waals surface area contributed by atoms with E-state index in [1.807, 2.05) is 30.3 Å². The molecule has 5 nitrogen and oxygen atoms in total. The smallest absolute Gasteiger partial charge is 0.271 e. The molecule has 0 aliphatic carbocycles. The van der Waals surface area contributed by atoms with Crippen LogP contribution in [-0.4, -0.2) is 27.2 Å². The van der Waals surface area contributed by atoms with Gasteiger partial charge in [-0.05, 0) is 22.4 Å². The maximum atomic E-state index is 12.7. The number of fused-ring (bicyclic) bond motifs is 2. The SMILES string of the molecule is CN(Cc1ccc2ccccc2c1)C(=O)c1cnc2sccn2c1=O. The van der Waals surface area contributed by atoms with Crippen LogP contribution < -0.4 is 5.56 Å². The van der Waals surface area contributed by atoms with E-state index in [2.05, 4.69) is 17.1 Å². The second kappa shape index (κ2) is 6.14. The minimum atomic E-state index is -0.332. The third-order valence-electron chi connectivity index (χ3n) is 4.15. The highest BCUT2D eigenvalue weighted by molar-refractivity contribution is 7.15. The quantitative estimate of drug-likeness (QED) is 0.571. The average molecular weight is 349 g/mol. The summed E-state index contributed by atoms with van der Waals surface area (Å²) in [6.45, 7) is 0.426. The van der Waals surface area contributed by atoms with Gasteiger partial charge in [0.1, 0.15) is 5.56 Å². The largest absolute Gasteiger partial charge is 0.337 e. The number of aromatic nitrogens is 2. The number of benzene rings is 2. The van der Waals surface area contributed by atoms with E-state index in [9.17, 15) is 9.59 Å². The molecule has 0 aliphatic rings. The Morgan fingerprint density at radius 3 is 2.84 bits per heavy atom. The molecule has 0 radical (unpaired) electrons. The molecule has 0 unspecified atom stereocenters. The fraction of sp³-hybridized carbons (Fsp3) is 0.105. The monoisotopic (exact) mass is 349 g/mol. The standard InChI is InChI=1S/C19H15N3O2S/c1-21(12-13-6-7-14-4-2-3-5-15(14)10-13)17(23)16-11-20-19-22(18(16)24)8-9-25-19/h2-11H,12H2,1H3. The third kappa shape index (κ3) is 2.81. The second-order valence-corrected chi connectivity index (χ2v) is 6.75. The van der Waals surface area contributed by atoms with Gasteiger partial charge in [0.05, 0.1) is 0 Å². The third-order valence-corrected chi connectivity index (χ3v) is 4.92. The summed E-state index contributed by atoms with van der Waals surface area (Å²) in [6.07, 6.45) is 3.00. The molecule has 4 aromatic rings. The molecule has 0 saturated heterocycles. The maximum Gasteiger partial charge on any atom is 0.271 e. The molecule has 0 N–H and O–H groups in total. The Morgan fingerprint density at radius 2 is 2.00 bits per heavy atom. The Kier molecular flexibility index (Phi) is 3.82. The molecule has 4 rings (SSSR count). The van der Waals surface area contributed by atoms with Crippen molar-refractivity contribution in [1.29, 1.82) is 0 Å². The molecule has 0 atom stereocenters. The van der Waals surface area contributed by atoms with E-state index in [0.717, 1.165) is 16.3 Å². The summed E-state index contributed by atoms with van der Waals surface area (Å²) in [4.78, 5) is 31.4. The molecule has 0 bridgehead atoms. The molecular weight excluding hydrogens is 334 g/mol. The van der Waals surface area contributed by atoms with E-state index in [0.29, 0.717) is 11.5 Å². The summed E-state index contributed by atoms with van der Waals surface area (Å²) in [5, 5.41) is 4.06. The van der Waals surface area contributed by atoms with Crippen LogP contribution in [0, 0.1) is 0 Å². The van der Waals surface area contributed by atoms with Crippen molar-refractivity contribution < 1.29 is 4.79 Å². The van der Waals surface area contributed by atoms with Crippen LogP contribution in [0.5, 0.6) is 0 Å². The zero-order chi connectivity index (χ0) is 17.4. The lowest BCUT2D eigenvalue weighted by Gasteiger charge is -2.17. The van der Waals surface area contributed by atoms with Crippen molar-refractivity contribution in [1.82, 2.24) is 14.3 Å². The fourth-order valence-electron chi connectivity index (χ4n) is 2.86. The zero-order valence-corrected chi connectivity index (χ0v) is 14.4. The van der Waals surface area contributed by atoms with Crippen molar-refractivity contribution in [3.8, 4) is 0 Å². The second-order valence-electron chi connectivity index (χ2n) is 5.88. The number of carbonyl (C=O) groups excluding carboxylic acids is 1. The molecule has 124 valence electrons. The molecule has 2 aromatic carbocycles. The lowest BCUT2D eigenvalue weighted by atomic mass is 10.1. The van der Waals surface area contributed by atoms with Crippen LogP contribution in [0.1, 0.15) is 15.9 Å². The number of hydrogen-bond donors (Lipinski definition) is 0. The number of nitrogens with zero attached hydrogens (tertiary/aromatic N) is 3. The molecule has 6 heteroatoms. The van der Waals surface area contributed by atoms with E-state index in [-0.39, 0.29) is 17.0 Å². The lowest BCUT2D eigenvalue weighted by Crippen LogP contribution is -2.32. The highest BCUT2D eigenvalue weighted by atomic mass is 32.1. The van der Waals surface area contributed by atoms with Crippen molar-refractivity contribution in [2.75, 3.05) is 7.05 Å². The van der Waals surface area contributed by atoms with Gasteiger partial charge in [0.15, 0.2) is 4.96 Å². The Hall–Kier alpha value is -2.99. The van der Waals surface area contributed by atoms with E-state index in [4.69, 9.17) is 0 Å². The van der Waals surface area contributed by atoms with Gasteiger partial charge >= 0.3 is 0 Å². The van der Waals surface area contributed by atoms with Gasteiger partial charge in [-0.1, -0.05) is 36.4 Å². The predicted octanol–water partition coefficient (Wildman–Crippen LogP) is 3.18. The highest BCUT2D eigenvalue weighted by Crippen LogP contribution is 2.17. The summed E-state index contributed by atoms with van der Waals surface area (Å²) in [7, 11) is 1.69. The number of hydrogen-bond acceptors (Lipinski definition) is 4. The van der Waals surface area contributed by atoms with Crippen LogP contribution in [0.25, 0.3) is 15.7 Å². The molecule has 0 spiro atoms. The van der Waals surface area contributed by atoms with Gasteiger partial charge in [0.25, 0.3) is 11.5 Å². The first kappa shape index (κ1) is 15.5. The van der Waals surface area contributed by atoms with Gasteiger partial charge < -0.3 is 4.90 Å². The van der Waals surface area contributed by atoms with E-state index >= 15 is 0 Å². The summed E-state index contributed by atoms with van der Waals surface area (Å²) >= 11 is 1.36. The first-order valence-electron chi connectivity index (χ1n) is 7.81. The van der Waals surface area contributed by atoms with Crippen molar-refractivity contribution in [2.24, 2.45) is 0 Å². The first-order chi connectivity index (χ1) is 12.1. The lowest BCUT2D eigenvalue weighted by molar-refractivity contribution is 0.0783. The van der Waals surface area contributed by atoms with Gasteiger partial charge in [-0.3, -0.25) is 14.0 Å². The minimum absolute atomic E-state index is 0.0826. The normalized spacial score (nSPS) is 11.1. The Balaban J connectivity index is 1.62. The summed E-state index contributed by atoms with van der Waals surface area (Å²) in [6, 6.07) is 14.2. The molecule has 2 aromatic heterocycles. The molecule has 25 heavy (non-hydrogen) atoms. The number of rotatable bonds is 3. The Bertz CT molecular complexity index is 1150. The van der Waals surface area contributed by atoms with Crippen LogP contribution in [0.3, 0.4) is 0 Å². The van der Waals surface area contributed by atoms with Crippen molar-refractivity contribution in [3.63, 3.8) is 0 Å². The molecule has 0 aliphatic heterocycles. The summed E-state index contributed by atoms with van der Waals surface area (Å²) in [5.74, 6) is -0.328. The van der Waals surface area contributed by atoms with E-state index in [1.54, 1.807) is 23.5 Å². The molecule has 2 heterocycles. The van der Waals surface area contributed by atoms with Crippen LogP contribution in [0.15, 0.2) is 65.0 Å². The zero-order valence-electron chi connectivity index (χ0n) is 13.5. The van der Waals surface area contributed by atoms with Gasteiger partial charge in [-0.2, -0.15) is 0 Å². The van der Waals surface area contributed by atoms with Crippen molar-refractivity contribution >= 4 is 33.0 Å². The number of thiazole rings is 1. The average Bonchev–Trinajstić information content (AvgIpc) is 3.11. The summed E-state index contributed by atoms with van der Waals surface area (Å²) in [5.41, 5.74) is 0.764. The van der Waals surface area contributed by atoms with Crippen LogP contribution in [0.4, 0.5) is 0 Å². The van der Waals surface area contributed by atoms with E-state index < -0.39 is 0 Å². The van der Waals surface area contributed by atoms with Crippen molar-refractivity contribution in [3.05, 3.63) is 81.7 Å².